The lowest BCUT2D eigenvalue weighted by Crippen LogP contribution is -2.43. The molecule has 0 radical (unpaired) electrons. The van der Waals surface area contributed by atoms with Gasteiger partial charge in [-0.1, -0.05) is 32.0 Å². The van der Waals surface area contributed by atoms with E-state index in [-0.39, 0.29) is 29.1 Å². The molecule has 5 nitrogen and oxygen atoms in total. The number of allylic oxidation sites excluding steroid dienone is 3. The largest absolute Gasteiger partial charge is 0.491 e. The number of aryl methyl sites for hydroxylation is 2. The Bertz CT molecular complexity index is 1150. The van der Waals surface area contributed by atoms with Gasteiger partial charge in [-0.2, -0.15) is 11.3 Å². The fraction of sp³-hybridized carbons (Fsp3) is 0.429. The van der Waals surface area contributed by atoms with Gasteiger partial charge in [0.15, 0.2) is 5.78 Å². The second-order valence-corrected chi connectivity index (χ2v) is 11.2. The number of benzene rings is 1. The number of hydrogen-bond acceptors (Lipinski definition) is 5. The standard InChI is InChI=1S/C28H34N2O3S/c1-16-8-7-9-17(2)26(16)33-14-18(3)29-27(32)23-19(4)30-21-12-28(5,6)13-22(31)25(21)24(23)20-10-11-34-15-20/h7-11,15,18,24,30H,12-14H2,1-6H3,(H,29,32). The van der Waals surface area contributed by atoms with Crippen LogP contribution < -0.4 is 15.4 Å². The van der Waals surface area contributed by atoms with Crippen molar-refractivity contribution in [3.8, 4) is 5.75 Å². The molecule has 1 aliphatic heterocycles. The molecule has 1 aromatic carbocycles. The molecule has 2 atom stereocenters. The molecule has 2 aliphatic rings. The number of rotatable bonds is 6. The number of thiophene rings is 1. The molecular formula is C28H34N2O3S. The number of hydrogen-bond donors (Lipinski definition) is 2. The summed E-state index contributed by atoms with van der Waals surface area (Å²) >= 11 is 1.58. The first-order valence-electron chi connectivity index (χ1n) is 11.8. The van der Waals surface area contributed by atoms with Crippen molar-refractivity contribution in [3.63, 3.8) is 0 Å². The molecule has 2 unspecified atom stereocenters. The molecule has 1 amide bonds. The van der Waals surface area contributed by atoms with Crippen LogP contribution in [0.2, 0.25) is 0 Å². The van der Waals surface area contributed by atoms with E-state index in [9.17, 15) is 9.59 Å². The second kappa shape index (κ2) is 9.41. The molecule has 180 valence electrons. The minimum absolute atomic E-state index is 0.0955. The highest BCUT2D eigenvalue weighted by Crippen LogP contribution is 2.46. The van der Waals surface area contributed by atoms with Gasteiger partial charge in [-0.05, 0) is 73.0 Å². The maximum atomic E-state index is 13.6. The van der Waals surface area contributed by atoms with Crippen molar-refractivity contribution in [2.75, 3.05) is 6.61 Å². The third kappa shape index (κ3) is 4.83. The summed E-state index contributed by atoms with van der Waals surface area (Å²) in [6, 6.07) is 7.87. The Morgan fingerprint density at radius 1 is 1.21 bits per heavy atom. The summed E-state index contributed by atoms with van der Waals surface area (Å²) < 4.78 is 6.06. The summed E-state index contributed by atoms with van der Waals surface area (Å²) in [4.78, 5) is 26.9. The molecule has 0 saturated heterocycles. The second-order valence-electron chi connectivity index (χ2n) is 10.4. The zero-order valence-corrected chi connectivity index (χ0v) is 21.7. The molecule has 2 heterocycles. The van der Waals surface area contributed by atoms with Crippen molar-refractivity contribution in [2.24, 2.45) is 5.41 Å². The van der Waals surface area contributed by atoms with Gasteiger partial charge in [0, 0.05) is 34.9 Å². The molecule has 2 aromatic rings. The Morgan fingerprint density at radius 2 is 1.91 bits per heavy atom. The van der Waals surface area contributed by atoms with E-state index in [4.69, 9.17) is 4.74 Å². The predicted octanol–water partition coefficient (Wildman–Crippen LogP) is 5.55. The zero-order valence-electron chi connectivity index (χ0n) is 20.9. The highest BCUT2D eigenvalue weighted by atomic mass is 32.1. The monoisotopic (exact) mass is 478 g/mol. The summed E-state index contributed by atoms with van der Waals surface area (Å²) in [5.41, 5.74) is 6.17. The Kier molecular flexibility index (Phi) is 6.72. The summed E-state index contributed by atoms with van der Waals surface area (Å²) in [6.45, 7) is 12.5. The van der Waals surface area contributed by atoms with Crippen LogP contribution in [-0.4, -0.2) is 24.3 Å². The molecule has 34 heavy (non-hydrogen) atoms. The van der Waals surface area contributed by atoms with Gasteiger partial charge in [0.25, 0.3) is 0 Å². The number of ketones is 1. The van der Waals surface area contributed by atoms with E-state index >= 15 is 0 Å². The lowest BCUT2D eigenvalue weighted by atomic mass is 9.69. The minimum atomic E-state index is -0.349. The van der Waals surface area contributed by atoms with Crippen molar-refractivity contribution < 1.29 is 14.3 Å². The SMILES string of the molecule is CC1=C(C(=O)NC(C)COc2c(C)cccc2C)C(c2ccsc2)C2=C(CC(C)(C)CC2=O)N1. The van der Waals surface area contributed by atoms with Crippen molar-refractivity contribution in [2.45, 2.75) is 66.3 Å². The topological polar surface area (TPSA) is 67.4 Å². The Labute approximate surface area is 206 Å². The number of carbonyl (C=O) groups excluding carboxylic acids is 2. The number of amides is 1. The van der Waals surface area contributed by atoms with E-state index in [2.05, 4.69) is 24.5 Å². The lowest BCUT2D eigenvalue weighted by Gasteiger charge is -2.39. The number of dihydropyridines is 1. The summed E-state index contributed by atoms with van der Waals surface area (Å²) in [6.07, 6.45) is 1.28. The van der Waals surface area contributed by atoms with Crippen molar-refractivity contribution in [1.29, 1.82) is 0 Å². The molecule has 1 aromatic heterocycles. The van der Waals surface area contributed by atoms with Gasteiger partial charge in [-0.15, -0.1) is 0 Å². The van der Waals surface area contributed by atoms with E-state index in [1.54, 1.807) is 11.3 Å². The zero-order chi connectivity index (χ0) is 24.6. The third-order valence-corrected chi connectivity index (χ3v) is 7.33. The van der Waals surface area contributed by atoms with E-state index < -0.39 is 0 Å². The van der Waals surface area contributed by atoms with Gasteiger partial charge in [-0.25, -0.2) is 0 Å². The number of nitrogens with one attached hydrogen (secondary N) is 2. The van der Waals surface area contributed by atoms with Crippen LogP contribution in [0.4, 0.5) is 0 Å². The highest BCUT2D eigenvalue weighted by molar-refractivity contribution is 7.08. The fourth-order valence-corrected chi connectivity index (χ4v) is 5.77. The minimum Gasteiger partial charge on any atom is -0.491 e. The van der Waals surface area contributed by atoms with Crippen molar-refractivity contribution >= 4 is 23.0 Å². The van der Waals surface area contributed by atoms with Gasteiger partial charge < -0.3 is 15.4 Å². The highest BCUT2D eigenvalue weighted by Gasteiger charge is 2.42. The molecule has 2 N–H and O–H groups in total. The van der Waals surface area contributed by atoms with E-state index in [0.29, 0.717) is 18.6 Å². The lowest BCUT2D eigenvalue weighted by molar-refractivity contribution is -0.119. The van der Waals surface area contributed by atoms with Gasteiger partial charge in [0.05, 0.1) is 6.04 Å². The Hall–Kier alpha value is -2.86. The summed E-state index contributed by atoms with van der Waals surface area (Å²) in [7, 11) is 0. The Morgan fingerprint density at radius 3 is 2.56 bits per heavy atom. The van der Waals surface area contributed by atoms with Crippen LogP contribution in [0, 0.1) is 19.3 Å². The third-order valence-electron chi connectivity index (χ3n) is 6.62. The van der Waals surface area contributed by atoms with E-state index in [0.717, 1.165) is 45.8 Å². The average molecular weight is 479 g/mol. The van der Waals surface area contributed by atoms with Crippen LogP contribution in [0.3, 0.4) is 0 Å². The molecule has 0 bridgehead atoms. The average Bonchev–Trinajstić information content (AvgIpc) is 3.25. The molecular weight excluding hydrogens is 444 g/mol. The number of Topliss-reactive ketones (excluding diaryl/α,β-unsaturated/α-hetero) is 1. The van der Waals surface area contributed by atoms with Crippen LogP contribution in [0.15, 0.2) is 57.6 Å². The van der Waals surface area contributed by atoms with E-state index in [1.807, 2.05) is 62.7 Å². The van der Waals surface area contributed by atoms with Gasteiger partial charge in [0.1, 0.15) is 12.4 Å². The van der Waals surface area contributed by atoms with Crippen LogP contribution in [-0.2, 0) is 9.59 Å². The predicted molar refractivity (Wildman–Crippen MR) is 137 cm³/mol. The van der Waals surface area contributed by atoms with E-state index in [1.165, 1.54) is 0 Å². The smallest absolute Gasteiger partial charge is 0.250 e. The van der Waals surface area contributed by atoms with Gasteiger partial charge in [-0.3, -0.25) is 9.59 Å². The first kappa shape index (κ1) is 24.3. The normalized spacial score (nSPS) is 20.5. The Balaban J connectivity index is 1.57. The van der Waals surface area contributed by atoms with Crippen LogP contribution >= 0.6 is 11.3 Å². The summed E-state index contributed by atoms with van der Waals surface area (Å²) in [5.74, 6) is 0.472. The molecule has 0 saturated carbocycles. The first-order valence-corrected chi connectivity index (χ1v) is 12.8. The molecule has 6 heteroatoms. The molecule has 0 fully saturated rings. The van der Waals surface area contributed by atoms with Gasteiger partial charge in [0.2, 0.25) is 5.91 Å². The quantitative estimate of drug-likeness (QED) is 0.571. The van der Waals surface area contributed by atoms with Crippen LogP contribution in [0.25, 0.3) is 0 Å². The molecule has 0 spiro atoms. The van der Waals surface area contributed by atoms with Crippen molar-refractivity contribution in [3.05, 3.63) is 74.3 Å². The van der Waals surface area contributed by atoms with Crippen molar-refractivity contribution in [1.82, 2.24) is 10.6 Å². The summed E-state index contributed by atoms with van der Waals surface area (Å²) in [5, 5.41) is 10.6. The van der Waals surface area contributed by atoms with Gasteiger partial charge >= 0.3 is 0 Å². The molecule has 4 rings (SSSR count). The number of ether oxygens (including phenoxy) is 1. The fourth-order valence-electron chi connectivity index (χ4n) is 5.09. The number of carbonyl (C=O) groups is 2. The maximum Gasteiger partial charge on any atom is 0.250 e. The molecule has 1 aliphatic carbocycles. The van der Waals surface area contributed by atoms with Crippen LogP contribution in [0.1, 0.15) is 63.1 Å². The van der Waals surface area contributed by atoms with Crippen LogP contribution in [0.5, 0.6) is 5.75 Å². The maximum absolute atomic E-state index is 13.6. The first-order chi connectivity index (χ1) is 16.1. The number of para-hydroxylation sites is 1.